The van der Waals surface area contributed by atoms with Gasteiger partial charge < -0.3 is 9.84 Å². The lowest BCUT2D eigenvalue weighted by molar-refractivity contribution is 0.0577. The minimum absolute atomic E-state index is 0.0525. The molecule has 4 heteroatoms. The van der Waals surface area contributed by atoms with Gasteiger partial charge in [-0.2, -0.15) is 0 Å². The van der Waals surface area contributed by atoms with E-state index in [4.69, 9.17) is 4.74 Å². The molecule has 0 aliphatic rings. The van der Waals surface area contributed by atoms with Crippen LogP contribution in [0, 0.1) is 0 Å². The van der Waals surface area contributed by atoms with Gasteiger partial charge in [0.1, 0.15) is 11.4 Å². The Kier molecular flexibility index (Phi) is 5.87. The van der Waals surface area contributed by atoms with E-state index in [0.717, 1.165) is 21.9 Å². The number of carbonyl (C=O) groups is 1. The number of anilines is 1. The molecule has 0 radical (unpaired) electrons. The molecule has 0 saturated heterocycles. The van der Waals surface area contributed by atoms with Gasteiger partial charge in [0.15, 0.2) is 0 Å². The minimum atomic E-state index is -0.672. The molecule has 0 aromatic heterocycles. The van der Waals surface area contributed by atoms with E-state index < -0.39 is 11.7 Å². The fourth-order valence-corrected chi connectivity index (χ4v) is 3.75. The molecule has 162 valence electrons. The van der Waals surface area contributed by atoms with Crippen LogP contribution in [0.3, 0.4) is 0 Å². The first kappa shape index (κ1) is 21.4. The lowest BCUT2D eigenvalue weighted by Crippen LogP contribution is -2.36. The minimum Gasteiger partial charge on any atom is -0.505 e. The summed E-state index contributed by atoms with van der Waals surface area (Å²) in [5, 5.41) is 13.2. The first-order chi connectivity index (χ1) is 15.3. The molecule has 4 aromatic rings. The van der Waals surface area contributed by atoms with Crippen molar-refractivity contribution in [2.45, 2.75) is 32.9 Å². The van der Waals surface area contributed by atoms with Crippen LogP contribution < -0.4 is 4.90 Å². The molecule has 0 heterocycles. The summed E-state index contributed by atoms with van der Waals surface area (Å²) in [4.78, 5) is 14.9. The second-order valence-corrected chi connectivity index (χ2v) is 8.76. The van der Waals surface area contributed by atoms with E-state index >= 15 is 0 Å². The van der Waals surface area contributed by atoms with E-state index in [1.54, 1.807) is 0 Å². The summed E-state index contributed by atoms with van der Waals surface area (Å²) in [6.07, 6.45) is -0.507. The quantitative estimate of drug-likeness (QED) is 0.377. The molecular formula is C28H27NO3. The molecule has 32 heavy (non-hydrogen) atoms. The highest BCUT2D eigenvalue weighted by Gasteiger charge is 2.28. The van der Waals surface area contributed by atoms with E-state index in [-0.39, 0.29) is 12.3 Å². The number of carbonyl (C=O) groups excluding carboxylic acids is 1. The highest BCUT2D eigenvalue weighted by Crippen LogP contribution is 2.44. The van der Waals surface area contributed by atoms with E-state index in [1.807, 2.05) is 112 Å². The van der Waals surface area contributed by atoms with Crippen molar-refractivity contribution in [2.75, 3.05) is 4.90 Å². The van der Waals surface area contributed by atoms with Crippen molar-refractivity contribution < 1.29 is 14.6 Å². The normalized spacial score (nSPS) is 11.3. The Balaban J connectivity index is 1.94. The van der Waals surface area contributed by atoms with Gasteiger partial charge in [-0.05, 0) is 43.4 Å². The molecule has 0 atom stereocenters. The Labute approximate surface area is 188 Å². The van der Waals surface area contributed by atoms with Gasteiger partial charge in [-0.1, -0.05) is 84.9 Å². The second kappa shape index (κ2) is 8.75. The largest absolute Gasteiger partial charge is 0.505 e. The summed E-state index contributed by atoms with van der Waals surface area (Å²) < 4.78 is 5.75. The first-order valence-electron chi connectivity index (χ1n) is 10.7. The number of hydrogen-bond donors (Lipinski definition) is 1. The van der Waals surface area contributed by atoms with Crippen molar-refractivity contribution in [1.82, 2.24) is 0 Å². The monoisotopic (exact) mass is 425 g/mol. The highest BCUT2D eigenvalue weighted by atomic mass is 16.6. The molecule has 0 aliphatic carbocycles. The maximum absolute atomic E-state index is 13.4. The van der Waals surface area contributed by atoms with Crippen molar-refractivity contribution in [2.24, 2.45) is 0 Å². The third-order valence-electron chi connectivity index (χ3n) is 5.15. The standard InChI is InChI=1S/C28H27NO3/c1-28(2,3)32-27(31)29(19-20-12-6-4-7-13-20)25-23-17-11-10-16-22(23)18-24(26(25)30)21-14-8-5-9-15-21/h4-18,30H,19H2,1-3H3. The molecule has 0 spiro atoms. The zero-order chi connectivity index (χ0) is 22.7. The summed E-state index contributed by atoms with van der Waals surface area (Å²) in [6, 6.07) is 29.1. The van der Waals surface area contributed by atoms with Gasteiger partial charge in [-0.3, -0.25) is 4.90 Å². The van der Waals surface area contributed by atoms with Crippen LogP contribution in [0.4, 0.5) is 10.5 Å². The van der Waals surface area contributed by atoms with Crippen molar-refractivity contribution in [3.05, 3.63) is 96.6 Å². The van der Waals surface area contributed by atoms with Gasteiger partial charge in [0, 0.05) is 10.9 Å². The van der Waals surface area contributed by atoms with E-state index in [2.05, 4.69) is 0 Å². The lowest BCUT2D eigenvalue weighted by Gasteiger charge is -2.29. The van der Waals surface area contributed by atoms with Gasteiger partial charge >= 0.3 is 6.09 Å². The third-order valence-corrected chi connectivity index (χ3v) is 5.15. The molecule has 0 aliphatic heterocycles. The van der Waals surface area contributed by atoms with Crippen LogP contribution >= 0.6 is 0 Å². The van der Waals surface area contributed by atoms with E-state index in [9.17, 15) is 9.90 Å². The molecule has 0 fully saturated rings. The summed E-state index contributed by atoms with van der Waals surface area (Å²) >= 11 is 0. The number of rotatable bonds is 4. The van der Waals surface area contributed by atoms with Crippen molar-refractivity contribution >= 4 is 22.6 Å². The molecule has 4 aromatic carbocycles. The molecule has 0 saturated carbocycles. The van der Waals surface area contributed by atoms with Crippen molar-refractivity contribution in [1.29, 1.82) is 0 Å². The maximum atomic E-state index is 13.4. The van der Waals surface area contributed by atoms with Crippen LogP contribution in [-0.4, -0.2) is 16.8 Å². The number of benzene rings is 4. The molecule has 4 rings (SSSR count). The predicted molar refractivity (Wildman–Crippen MR) is 130 cm³/mol. The van der Waals surface area contributed by atoms with Crippen LogP contribution in [0.1, 0.15) is 26.3 Å². The molecule has 0 unspecified atom stereocenters. The second-order valence-electron chi connectivity index (χ2n) is 8.76. The molecule has 1 amide bonds. The Morgan fingerprint density at radius 3 is 2.12 bits per heavy atom. The zero-order valence-corrected chi connectivity index (χ0v) is 18.6. The van der Waals surface area contributed by atoms with Crippen molar-refractivity contribution in [3.8, 4) is 16.9 Å². The number of hydrogen-bond acceptors (Lipinski definition) is 3. The Bertz CT molecular complexity index is 1230. The predicted octanol–water partition coefficient (Wildman–Crippen LogP) is 7.15. The van der Waals surface area contributed by atoms with Crippen LogP contribution in [0.25, 0.3) is 21.9 Å². The zero-order valence-electron chi connectivity index (χ0n) is 18.6. The van der Waals surface area contributed by atoms with Gasteiger partial charge in [0.25, 0.3) is 0 Å². The number of fused-ring (bicyclic) bond motifs is 1. The summed E-state index contributed by atoms with van der Waals surface area (Å²) in [5.74, 6) is 0.0525. The molecule has 1 N–H and O–H groups in total. The van der Waals surface area contributed by atoms with Crippen LogP contribution in [0.2, 0.25) is 0 Å². The van der Waals surface area contributed by atoms with Gasteiger partial charge in [-0.15, -0.1) is 0 Å². The molecule has 4 nitrogen and oxygen atoms in total. The third kappa shape index (κ3) is 4.59. The Morgan fingerprint density at radius 1 is 0.875 bits per heavy atom. The number of nitrogens with zero attached hydrogens (tertiary/aromatic N) is 1. The Hall–Kier alpha value is -3.79. The number of phenols is 1. The summed E-state index contributed by atoms with van der Waals surface area (Å²) in [6.45, 7) is 5.78. The Morgan fingerprint density at radius 2 is 1.47 bits per heavy atom. The number of aromatic hydroxyl groups is 1. The van der Waals surface area contributed by atoms with Crippen LogP contribution in [0.15, 0.2) is 91.0 Å². The van der Waals surface area contributed by atoms with Crippen molar-refractivity contribution in [3.63, 3.8) is 0 Å². The fraction of sp³-hybridized carbons (Fsp3) is 0.179. The topological polar surface area (TPSA) is 49.8 Å². The average molecular weight is 426 g/mol. The fourth-order valence-electron chi connectivity index (χ4n) is 3.75. The number of ether oxygens (including phenoxy) is 1. The first-order valence-corrected chi connectivity index (χ1v) is 10.7. The van der Waals surface area contributed by atoms with E-state index in [1.165, 1.54) is 4.90 Å². The van der Waals surface area contributed by atoms with Gasteiger partial charge in [-0.25, -0.2) is 4.79 Å². The summed E-state index contributed by atoms with van der Waals surface area (Å²) in [7, 11) is 0. The van der Waals surface area contributed by atoms with Crippen LogP contribution in [-0.2, 0) is 11.3 Å². The van der Waals surface area contributed by atoms with E-state index in [0.29, 0.717) is 11.3 Å². The number of phenolic OH excluding ortho intramolecular Hbond substituents is 1. The lowest BCUT2D eigenvalue weighted by atomic mass is 9.97. The summed E-state index contributed by atoms with van der Waals surface area (Å²) in [5.41, 5.74) is 2.25. The molecule has 0 bridgehead atoms. The molecular weight excluding hydrogens is 398 g/mol. The average Bonchev–Trinajstić information content (AvgIpc) is 2.78. The smallest absolute Gasteiger partial charge is 0.415 e. The van der Waals surface area contributed by atoms with Gasteiger partial charge in [0.05, 0.1) is 12.2 Å². The van der Waals surface area contributed by atoms with Crippen LogP contribution in [0.5, 0.6) is 5.75 Å². The number of amides is 1. The maximum Gasteiger partial charge on any atom is 0.415 e. The van der Waals surface area contributed by atoms with Gasteiger partial charge in [0.2, 0.25) is 0 Å². The SMILES string of the molecule is CC(C)(C)OC(=O)N(Cc1ccccc1)c1c(O)c(-c2ccccc2)cc2ccccc12. The highest BCUT2D eigenvalue weighted by molar-refractivity contribution is 6.07.